The van der Waals surface area contributed by atoms with E-state index in [-0.39, 0.29) is 42.6 Å². The van der Waals surface area contributed by atoms with Crippen molar-refractivity contribution in [3.05, 3.63) is 0 Å². The third kappa shape index (κ3) is 10.0. The molecule has 0 heterocycles. The smallest absolute Gasteiger partial charge is 0.220 e. The molecule has 4 N–H and O–H groups in total. The van der Waals surface area contributed by atoms with Gasteiger partial charge in [-0.25, -0.2) is 0 Å². The zero-order valence-electron chi connectivity index (χ0n) is 13.1. The number of carbonyl (C=O) groups excluding carboxylic acids is 2. The van der Waals surface area contributed by atoms with Crippen LogP contribution < -0.4 is 16.4 Å². The van der Waals surface area contributed by atoms with Crippen molar-refractivity contribution < 1.29 is 9.59 Å². The normalized spacial score (nSPS) is 13.3. The van der Waals surface area contributed by atoms with E-state index in [1.165, 1.54) is 0 Å². The quantitative estimate of drug-likeness (QED) is 0.605. The van der Waals surface area contributed by atoms with E-state index in [1.807, 2.05) is 13.8 Å². The summed E-state index contributed by atoms with van der Waals surface area (Å²) in [5.41, 5.74) is 5.35. The Kier molecular flexibility index (Phi) is 11.7. The summed E-state index contributed by atoms with van der Waals surface area (Å²) in [6.07, 6.45) is 2.17. The predicted molar refractivity (Wildman–Crippen MR) is 84.8 cm³/mol. The average Bonchev–Trinajstić information content (AvgIpc) is 2.32. The van der Waals surface area contributed by atoms with Gasteiger partial charge in [0.1, 0.15) is 0 Å². The zero-order chi connectivity index (χ0) is 14.9. The number of rotatable bonds is 9. The lowest BCUT2D eigenvalue weighted by Crippen LogP contribution is -2.52. The molecule has 6 heteroatoms. The van der Waals surface area contributed by atoms with E-state index >= 15 is 0 Å². The molecule has 20 heavy (non-hydrogen) atoms. The fourth-order valence-electron chi connectivity index (χ4n) is 2.07. The second kappa shape index (κ2) is 10.9. The molecule has 120 valence electrons. The third-order valence-electron chi connectivity index (χ3n) is 2.90. The summed E-state index contributed by atoms with van der Waals surface area (Å²) in [6, 6.07) is 0. The van der Waals surface area contributed by atoms with Gasteiger partial charge in [0.2, 0.25) is 11.8 Å². The van der Waals surface area contributed by atoms with E-state index in [2.05, 4.69) is 24.5 Å². The van der Waals surface area contributed by atoms with Gasteiger partial charge in [-0.15, -0.1) is 12.4 Å². The molecule has 0 spiro atoms. The first-order chi connectivity index (χ1) is 8.83. The molecule has 0 aliphatic carbocycles. The number of hydrogen-bond donors (Lipinski definition) is 3. The average molecular weight is 308 g/mol. The molecule has 1 atom stereocenters. The number of halogens is 1. The Balaban J connectivity index is 0. The van der Waals surface area contributed by atoms with Crippen LogP contribution in [0.15, 0.2) is 0 Å². The third-order valence-corrected chi connectivity index (χ3v) is 2.90. The van der Waals surface area contributed by atoms with E-state index in [1.54, 1.807) is 0 Å². The molecule has 5 nitrogen and oxygen atoms in total. The van der Waals surface area contributed by atoms with Gasteiger partial charge < -0.3 is 16.4 Å². The maximum atomic E-state index is 11.8. The Morgan fingerprint density at radius 3 is 2.20 bits per heavy atom. The lowest BCUT2D eigenvalue weighted by atomic mass is 9.90. The first kappa shape index (κ1) is 21.5. The van der Waals surface area contributed by atoms with Crippen LogP contribution in [0.2, 0.25) is 0 Å². The van der Waals surface area contributed by atoms with Crippen LogP contribution in [0.3, 0.4) is 0 Å². The lowest BCUT2D eigenvalue weighted by molar-refractivity contribution is -0.127. The molecule has 2 amide bonds. The standard InChI is InChI=1S/C14H29N3O2.ClH/c1-5-8-16-12(18)6-7-13(19)17-14(4,10-15)9-11(2)3;/h11H,5-10,15H2,1-4H3,(H,16,18)(H,17,19);1H. The van der Waals surface area contributed by atoms with E-state index in [0.29, 0.717) is 19.0 Å². The molecule has 0 aromatic rings. The molecule has 0 aliphatic heterocycles. The molecule has 0 saturated heterocycles. The highest BCUT2D eigenvalue weighted by Crippen LogP contribution is 2.15. The van der Waals surface area contributed by atoms with Gasteiger partial charge in [-0.05, 0) is 25.7 Å². The summed E-state index contributed by atoms with van der Waals surface area (Å²) >= 11 is 0. The SMILES string of the molecule is CCCNC(=O)CCC(=O)NC(C)(CN)CC(C)C.Cl. The summed E-state index contributed by atoms with van der Waals surface area (Å²) < 4.78 is 0. The highest BCUT2D eigenvalue weighted by molar-refractivity contribution is 5.85. The largest absolute Gasteiger partial charge is 0.356 e. The molecule has 0 saturated carbocycles. The van der Waals surface area contributed by atoms with Gasteiger partial charge >= 0.3 is 0 Å². The number of nitrogens with one attached hydrogen (secondary N) is 2. The van der Waals surface area contributed by atoms with E-state index in [0.717, 1.165) is 12.8 Å². The van der Waals surface area contributed by atoms with Crippen LogP contribution in [0.5, 0.6) is 0 Å². The van der Waals surface area contributed by atoms with E-state index < -0.39 is 0 Å². The van der Waals surface area contributed by atoms with Crippen molar-refractivity contribution in [2.45, 2.75) is 58.9 Å². The summed E-state index contributed by atoms with van der Waals surface area (Å²) in [5, 5.41) is 5.70. The summed E-state index contributed by atoms with van der Waals surface area (Å²) in [5.74, 6) is 0.275. The Labute approximate surface area is 128 Å². The Morgan fingerprint density at radius 2 is 1.75 bits per heavy atom. The molecular formula is C14H30ClN3O2. The molecule has 0 aromatic carbocycles. The van der Waals surface area contributed by atoms with Gasteiger partial charge in [0, 0.05) is 31.5 Å². The number of hydrogen-bond acceptors (Lipinski definition) is 3. The van der Waals surface area contributed by atoms with E-state index in [9.17, 15) is 9.59 Å². The minimum Gasteiger partial charge on any atom is -0.356 e. The van der Waals surface area contributed by atoms with Gasteiger partial charge in [0.15, 0.2) is 0 Å². The van der Waals surface area contributed by atoms with Gasteiger partial charge in [0.05, 0.1) is 0 Å². The number of nitrogens with two attached hydrogens (primary N) is 1. The fraction of sp³-hybridized carbons (Fsp3) is 0.857. The van der Waals surface area contributed by atoms with Crippen LogP contribution in [0.25, 0.3) is 0 Å². The maximum Gasteiger partial charge on any atom is 0.220 e. The van der Waals surface area contributed by atoms with Crippen LogP contribution in [-0.4, -0.2) is 30.4 Å². The highest BCUT2D eigenvalue weighted by Gasteiger charge is 2.25. The van der Waals surface area contributed by atoms with Crippen molar-refractivity contribution >= 4 is 24.2 Å². The number of carbonyl (C=O) groups is 2. The van der Waals surface area contributed by atoms with Crippen molar-refractivity contribution in [1.82, 2.24) is 10.6 Å². The molecule has 0 bridgehead atoms. The molecule has 0 aliphatic rings. The highest BCUT2D eigenvalue weighted by atomic mass is 35.5. The molecule has 0 aromatic heterocycles. The lowest BCUT2D eigenvalue weighted by Gasteiger charge is -2.31. The van der Waals surface area contributed by atoms with Gasteiger partial charge in [-0.3, -0.25) is 9.59 Å². The van der Waals surface area contributed by atoms with Crippen LogP contribution in [-0.2, 0) is 9.59 Å². The van der Waals surface area contributed by atoms with Crippen LogP contribution in [0.1, 0.15) is 53.4 Å². The van der Waals surface area contributed by atoms with Crippen molar-refractivity contribution in [1.29, 1.82) is 0 Å². The second-order valence-corrected chi connectivity index (χ2v) is 5.76. The first-order valence-corrected chi connectivity index (χ1v) is 7.10. The van der Waals surface area contributed by atoms with Gasteiger partial charge in [0.25, 0.3) is 0 Å². The fourth-order valence-corrected chi connectivity index (χ4v) is 2.07. The molecule has 0 radical (unpaired) electrons. The zero-order valence-corrected chi connectivity index (χ0v) is 13.9. The topological polar surface area (TPSA) is 84.2 Å². The first-order valence-electron chi connectivity index (χ1n) is 7.10. The van der Waals surface area contributed by atoms with Crippen molar-refractivity contribution in [2.75, 3.05) is 13.1 Å². The van der Waals surface area contributed by atoms with Gasteiger partial charge in [-0.2, -0.15) is 0 Å². The Bertz CT molecular complexity index is 298. The predicted octanol–water partition coefficient (Wildman–Crippen LogP) is 1.59. The summed E-state index contributed by atoms with van der Waals surface area (Å²) in [6.45, 7) is 9.19. The van der Waals surface area contributed by atoms with Crippen LogP contribution in [0.4, 0.5) is 0 Å². The Morgan fingerprint density at radius 1 is 1.20 bits per heavy atom. The molecule has 1 unspecified atom stereocenters. The maximum absolute atomic E-state index is 11.8. The van der Waals surface area contributed by atoms with Gasteiger partial charge in [-0.1, -0.05) is 20.8 Å². The van der Waals surface area contributed by atoms with Crippen molar-refractivity contribution in [2.24, 2.45) is 11.7 Å². The summed E-state index contributed by atoms with van der Waals surface area (Å²) in [7, 11) is 0. The molecule has 0 fully saturated rings. The molecule has 0 rings (SSSR count). The Hall–Kier alpha value is -0.810. The van der Waals surface area contributed by atoms with Crippen molar-refractivity contribution in [3.8, 4) is 0 Å². The van der Waals surface area contributed by atoms with E-state index in [4.69, 9.17) is 5.73 Å². The number of amides is 2. The van der Waals surface area contributed by atoms with Crippen LogP contribution >= 0.6 is 12.4 Å². The van der Waals surface area contributed by atoms with Crippen LogP contribution in [0, 0.1) is 5.92 Å². The minimum atomic E-state index is -0.384. The molecular weight excluding hydrogens is 278 g/mol. The monoisotopic (exact) mass is 307 g/mol. The summed E-state index contributed by atoms with van der Waals surface area (Å²) in [4.78, 5) is 23.2. The van der Waals surface area contributed by atoms with Crippen molar-refractivity contribution in [3.63, 3.8) is 0 Å². The minimum absolute atomic E-state index is 0. The second-order valence-electron chi connectivity index (χ2n) is 5.76.